The second-order valence-electron chi connectivity index (χ2n) is 6.95. The van der Waals surface area contributed by atoms with Gasteiger partial charge in [0.15, 0.2) is 18.1 Å². The van der Waals surface area contributed by atoms with Crippen LogP contribution >= 0.6 is 39.9 Å². The van der Waals surface area contributed by atoms with E-state index >= 15 is 0 Å². The largest absolute Gasteiger partial charge is 0.490 e. The van der Waals surface area contributed by atoms with Crippen molar-refractivity contribution in [2.45, 2.75) is 33.6 Å². The first-order chi connectivity index (χ1) is 15.7. The molecule has 0 aliphatic carbocycles. The number of nitrogens with zero attached hydrogens (tertiary/aromatic N) is 2. The van der Waals surface area contributed by atoms with Gasteiger partial charge in [0.1, 0.15) is 4.32 Å². The van der Waals surface area contributed by atoms with Crippen molar-refractivity contribution in [3.8, 4) is 11.5 Å². The van der Waals surface area contributed by atoms with Crippen LogP contribution < -0.4 is 9.47 Å². The molecule has 0 atom stereocenters. The van der Waals surface area contributed by atoms with Crippen molar-refractivity contribution in [2.75, 3.05) is 32.8 Å². The number of aliphatic carboxylic acids is 1. The van der Waals surface area contributed by atoms with Gasteiger partial charge in [-0.25, -0.2) is 0 Å². The van der Waals surface area contributed by atoms with Gasteiger partial charge in [0.2, 0.25) is 0 Å². The number of rotatable bonds is 12. The van der Waals surface area contributed by atoms with Gasteiger partial charge in [-0.15, -0.1) is 0 Å². The van der Waals surface area contributed by atoms with Crippen molar-refractivity contribution in [1.82, 2.24) is 9.80 Å². The fourth-order valence-corrected chi connectivity index (χ4v) is 4.99. The van der Waals surface area contributed by atoms with Crippen LogP contribution in [0.4, 0.5) is 0 Å². The van der Waals surface area contributed by atoms with Crippen LogP contribution in [-0.2, 0) is 14.4 Å². The smallest absolute Gasteiger partial charge is 0.303 e. The Balaban J connectivity index is 2.21. The van der Waals surface area contributed by atoms with Crippen molar-refractivity contribution in [3.63, 3.8) is 0 Å². The molecule has 0 saturated carbocycles. The highest BCUT2D eigenvalue weighted by Crippen LogP contribution is 2.39. The average Bonchev–Trinajstić information content (AvgIpc) is 3.01. The van der Waals surface area contributed by atoms with Crippen molar-refractivity contribution in [1.29, 1.82) is 0 Å². The molecule has 0 radical (unpaired) electrons. The van der Waals surface area contributed by atoms with E-state index in [0.29, 0.717) is 56.9 Å². The Morgan fingerprint density at radius 2 is 1.94 bits per heavy atom. The molecule has 11 heteroatoms. The third kappa shape index (κ3) is 7.44. The number of thioether (sulfide) groups is 1. The summed E-state index contributed by atoms with van der Waals surface area (Å²) in [5.41, 5.74) is 0.693. The lowest BCUT2D eigenvalue weighted by molar-refractivity contribution is -0.137. The minimum absolute atomic E-state index is 0.0288. The summed E-state index contributed by atoms with van der Waals surface area (Å²) in [6, 6.07) is 3.51. The number of ether oxygens (including phenoxy) is 2. The molecule has 1 saturated heterocycles. The zero-order chi connectivity index (χ0) is 24.5. The number of carboxylic acid groups (broad SMARTS) is 1. The van der Waals surface area contributed by atoms with E-state index in [2.05, 4.69) is 15.9 Å². The topological polar surface area (TPSA) is 96.4 Å². The number of carboxylic acids is 1. The summed E-state index contributed by atoms with van der Waals surface area (Å²) in [5, 5.41) is 8.80. The summed E-state index contributed by atoms with van der Waals surface area (Å²) in [6.45, 7) is 7.40. The summed E-state index contributed by atoms with van der Waals surface area (Å²) >= 11 is 9.95. The zero-order valence-electron chi connectivity index (χ0n) is 18.8. The van der Waals surface area contributed by atoms with Crippen molar-refractivity contribution >= 4 is 68.1 Å². The van der Waals surface area contributed by atoms with E-state index in [9.17, 15) is 14.4 Å². The van der Waals surface area contributed by atoms with Crippen LogP contribution in [-0.4, -0.2) is 69.9 Å². The molecule has 0 spiro atoms. The van der Waals surface area contributed by atoms with Crippen molar-refractivity contribution in [2.24, 2.45) is 0 Å². The van der Waals surface area contributed by atoms with Gasteiger partial charge in [0.05, 0.1) is 16.0 Å². The maximum absolute atomic E-state index is 12.7. The third-order valence-electron chi connectivity index (χ3n) is 4.73. The van der Waals surface area contributed by atoms with E-state index in [4.69, 9.17) is 26.8 Å². The second-order valence-corrected chi connectivity index (χ2v) is 9.48. The number of halogens is 1. The van der Waals surface area contributed by atoms with Gasteiger partial charge in [-0.1, -0.05) is 24.0 Å². The standard InChI is InChI=1S/C22H27BrN2O6S2/c1-4-24(5-2)18(26)13-31-20-15(23)10-14(11-16(20)30-6-3)12-17-21(29)25(22(32)33-17)9-7-8-19(27)28/h10-12H,4-9,13H2,1-3H3,(H,27,28)/b17-12+. The summed E-state index contributed by atoms with van der Waals surface area (Å²) in [4.78, 5) is 39.3. The third-order valence-corrected chi connectivity index (χ3v) is 6.70. The van der Waals surface area contributed by atoms with Crippen molar-refractivity contribution < 1.29 is 29.0 Å². The van der Waals surface area contributed by atoms with Crippen LogP contribution in [0.3, 0.4) is 0 Å². The van der Waals surface area contributed by atoms with E-state index in [1.807, 2.05) is 20.8 Å². The summed E-state index contributed by atoms with van der Waals surface area (Å²) in [7, 11) is 0. The minimum atomic E-state index is -0.912. The number of hydrogen-bond donors (Lipinski definition) is 1. The Bertz CT molecular complexity index is 949. The lowest BCUT2D eigenvalue weighted by atomic mass is 10.1. The molecule has 33 heavy (non-hydrogen) atoms. The summed E-state index contributed by atoms with van der Waals surface area (Å²) < 4.78 is 12.5. The van der Waals surface area contributed by atoms with Gasteiger partial charge in [-0.2, -0.15) is 0 Å². The van der Waals surface area contributed by atoms with Crippen LogP contribution in [0.15, 0.2) is 21.5 Å². The molecule has 1 N–H and O–H groups in total. The molecule has 180 valence electrons. The minimum Gasteiger partial charge on any atom is -0.490 e. The first-order valence-electron chi connectivity index (χ1n) is 10.6. The second kappa shape index (κ2) is 13.0. The van der Waals surface area contributed by atoms with Crippen LogP contribution in [0.1, 0.15) is 39.2 Å². The van der Waals surface area contributed by atoms with E-state index in [0.717, 1.165) is 0 Å². The molecule has 1 aliphatic rings. The van der Waals surface area contributed by atoms with Crippen LogP contribution in [0.25, 0.3) is 6.08 Å². The quantitative estimate of drug-likeness (QED) is 0.301. The number of carbonyl (C=O) groups excluding carboxylic acids is 2. The fraction of sp³-hybridized carbons (Fsp3) is 0.455. The molecule has 0 aromatic heterocycles. The van der Waals surface area contributed by atoms with Gasteiger partial charge in [-0.05, 0) is 66.9 Å². The van der Waals surface area contributed by atoms with E-state index in [1.54, 1.807) is 23.1 Å². The summed E-state index contributed by atoms with van der Waals surface area (Å²) in [6.07, 6.45) is 2.00. The molecule has 1 aromatic rings. The molecule has 1 heterocycles. The van der Waals surface area contributed by atoms with E-state index < -0.39 is 5.97 Å². The van der Waals surface area contributed by atoms with Gasteiger partial charge < -0.3 is 19.5 Å². The maximum atomic E-state index is 12.7. The molecule has 8 nitrogen and oxygen atoms in total. The lowest BCUT2D eigenvalue weighted by Gasteiger charge is -2.20. The molecule has 1 aliphatic heterocycles. The Morgan fingerprint density at radius 1 is 1.24 bits per heavy atom. The highest BCUT2D eigenvalue weighted by Gasteiger charge is 2.31. The van der Waals surface area contributed by atoms with Crippen LogP contribution in [0.5, 0.6) is 11.5 Å². The van der Waals surface area contributed by atoms with Gasteiger partial charge in [-0.3, -0.25) is 19.3 Å². The average molecular weight is 560 g/mol. The van der Waals surface area contributed by atoms with E-state index in [1.165, 1.54) is 16.7 Å². The predicted molar refractivity (Wildman–Crippen MR) is 135 cm³/mol. The van der Waals surface area contributed by atoms with Gasteiger partial charge >= 0.3 is 5.97 Å². The highest BCUT2D eigenvalue weighted by molar-refractivity contribution is 9.10. The Hall–Kier alpha value is -2.11. The Morgan fingerprint density at radius 3 is 2.55 bits per heavy atom. The van der Waals surface area contributed by atoms with Crippen molar-refractivity contribution in [3.05, 3.63) is 27.1 Å². The Labute approximate surface area is 211 Å². The number of benzene rings is 1. The highest BCUT2D eigenvalue weighted by atomic mass is 79.9. The maximum Gasteiger partial charge on any atom is 0.303 e. The molecule has 1 aromatic carbocycles. The number of thiocarbonyl (C=S) groups is 1. The first kappa shape index (κ1) is 27.1. The van der Waals surface area contributed by atoms with Crippen LogP contribution in [0, 0.1) is 0 Å². The summed E-state index contributed by atoms with van der Waals surface area (Å²) in [5.74, 6) is -0.428. The number of hydrogen-bond acceptors (Lipinski definition) is 7. The monoisotopic (exact) mass is 558 g/mol. The SMILES string of the molecule is CCOc1cc(/C=C2/SC(=S)N(CCCC(=O)O)C2=O)cc(Br)c1OCC(=O)N(CC)CC. The molecular formula is C22H27BrN2O6S2. The molecule has 1 fully saturated rings. The number of likely N-dealkylation sites (N-methyl/N-ethyl adjacent to an activating group) is 1. The number of amides is 2. The predicted octanol–water partition coefficient (Wildman–Crippen LogP) is 4.16. The van der Waals surface area contributed by atoms with E-state index in [-0.39, 0.29) is 31.4 Å². The van der Waals surface area contributed by atoms with Gasteiger partial charge in [0.25, 0.3) is 11.8 Å². The normalized spacial score (nSPS) is 14.7. The molecular weight excluding hydrogens is 532 g/mol. The van der Waals surface area contributed by atoms with Gasteiger partial charge in [0, 0.05) is 26.1 Å². The molecule has 0 unspecified atom stereocenters. The lowest BCUT2D eigenvalue weighted by Crippen LogP contribution is -2.34. The van der Waals surface area contributed by atoms with Crippen LogP contribution in [0.2, 0.25) is 0 Å². The number of carbonyl (C=O) groups is 3. The fourth-order valence-electron chi connectivity index (χ4n) is 3.11. The molecule has 0 bridgehead atoms. The Kier molecular flexibility index (Phi) is 10.6. The first-order valence-corrected chi connectivity index (χ1v) is 12.6. The molecule has 2 rings (SSSR count). The molecule has 2 amide bonds. The zero-order valence-corrected chi connectivity index (χ0v) is 22.0.